The quantitative estimate of drug-likeness (QED) is 0.679. The lowest BCUT2D eigenvalue weighted by Crippen LogP contribution is -2.43. The minimum Gasteiger partial charge on any atom is -0.372 e. The first-order valence-electron chi connectivity index (χ1n) is 9.44. The van der Waals surface area contributed by atoms with E-state index in [4.69, 9.17) is 4.74 Å². The fourth-order valence-electron chi connectivity index (χ4n) is 3.47. The fourth-order valence-corrected chi connectivity index (χ4v) is 3.47. The predicted octanol–water partition coefficient (Wildman–Crippen LogP) is 2.00. The number of carbonyl (C=O) groups excluding carboxylic acids is 1. The first-order chi connectivity index (χ1) is 13.7. The molecule has 28 heavy (non-hydrogen) atoms. The first kappa shape index (κ1) is 18.3. The lowest BCUT2D eigenvalue weighted by molar-refractivity contribution is -0.134. The van der Waals surface area contributed by atoms with Gasteiger partial charge in [0, 0.05) is 19.3 Å². The van der Waals surface area contributed by atoms with Crippen LogP contribution < -0.4 is 5.56 Å². The van der Waals surface area contributed by atoms with Gasteiger partial charge >= 0.3 is 0 Å². The molecule has 1 aliphatic rings. The van der Waals surface area contributed by atoms with Crippen LogP contribution in [0.5, 0.6) is 0 Å². The first-order valence-corrected chi connectivity index (χ1v) is 9.44. The SMILES string of the molecule is O=C(Cn1c(=O)cnc2ccccc21)N1CCC(OCc2ccccn2)CC1. The van der Waals surface area contributed by atoms with Crippen molar-refractivity contribution >= 4 is 16.9 Å². The molecular weight excluding hydrogens is 356 g/mol. The average Bonchev–Trinajstić information content (AvgIpc) is 2.75. The molecule has 3 heterocycles. The minimum atomic E-state index is -0.263. The number of aromatic nitrogens is 3. The Labute approximate surface area is 162 Å². The van der Waals surface area contributed by atoms with E-state index in [9.17, 15) is 9.59 Å². The highest BCUT2D eigenvalue weighted by Gasteiger charge is 2.24. The van der Waals surface area contributed by atoms with Crippen LogP contribution in [0, 0.1) is 0 Å². The van der Waals surface area contributed by atoms with Gasteiger partial charge in [-0.25, -0.2) is 4.98 Å². The average molecular weight is 378 g/mol. The lowest BCUT2D eigenvalue weighted by atomic mass is 10.1. The molecule has 7 nitrogen and oxygen atoms in total. The third-order valence-electron chi connectivity index (χ3n) is 5.03. The summed E-state index contributed by atoms with van der Waals surface area (Å²) in [6.07, 6.45) is 4.71. The van der Waals surface area contributed by atoms with Crippen molar-refractivity contribution in [3.63, 3.8) is 0 Å². The molecule has 0 saturated carbocycles. The molecule has 1 aliphatic heterocycles. The van der Waals surface area contributed by atoms with E-state index in [2.05, 4.69) is 9.97 Å². The van der Waals surface area contributed by atoms with Crippen molar-refractivity contribution in [2.45, 2.75) is 32.1 Å². The second-order valence-corrected chi connectivity index (χ2v) is 6.88. The Kier molecular flexibility index (Phi) is 5.43. The number of carbonyl (C=O) groups is 1. The van der Waals surface area contributed by atoms with Gasteiger partial charge in [-0.15, -0.1) is 0 Å². The number of fused-ring (bicyclic) bond motifs is 1. The number of hydrogen-bond acceptors (Lipinski definition) is 5. The smallest absolute Gasteiger partial charge is 0.269 e. The van der Waals surface area contributed by atoms with E-state index in [0.717, 1.165) is 18.5 Å². The van der Waals surface area contributed by atoms with E-state index in [-0.39, 0.29) is 24.1 Å². The van der Waals surface area contributed by atoms with Gasteiger partial charge in [0.1, 0.15) is 6.54 Å². The Morgan fingerprint density at radius 2 is 1.86 bits per heavy atom. The molecule has 144 valence electrons. The Bertz CT molecular complexity index is 1010. The molecule has 0 atom stereocenters. The van der Waals surface area contributed by atoms with Crippen molar-refractivity contribution in [3.8, 4) is 0 Å². The van der Waals surface area contributed by atoms with Gasteiger partial charge in [0.15, 0.2) is 0 Å². The monoisotopic (exact) mass is 378 g/mol. The molecule has 2 aromatic heterocycles. The zero-order chi connectivity index (χ0) is 19.3. The molecular formula is C21H22N4O3. The van der Waals surface area contributed by atoms with Gasteiger partial charge in [0.2, 0.25) is 5.91 Å². The van der Waals surface area contributed by atoms with E-state index in [1.165, 1.54) is 10.8 Å². The van der Waals surface area contributed by atoms with Crippen molar-refractivity contribution < 1.29 is 9.53 Å². The molecule has 0 unspecified atom stereocenters. The van der Waals surface area contributed by atoms with Crippen LogP contribution in [0.3, 0.4) is 0 Å². The summed E-state index contributed by atoms with van der Waals surface area (Å²) in [5, 5.41) is 0. The summed E-state index contributed by atoms with van der Waals surface area (Å²) < 4.78 is 7.42. The molecule has 1 saturated heterocycles. The normalized spacial score (nSPS) is 15.1. The molecule has 1 fully saturated rings. The molecule has 4 rings (SSSR count). The van der Waals surface area contributed by atoms with Gasteiger partial charge in [-0.2, -0.15) is 0 Å². The van der Waals surface area contributed by atoms with Crippen LogP contribution in [-0.4, -0.2) is 44.5 Å². The number of pyridine rings is 1. The third-order valence-corrected chi connectivity index (χ3v) is 5.03. The van der Waals surface area contributed by atoms with Crippen molar-refractivity contribution in [3.05, 3.63) is 70.9 Å². The fraction of sp³-hybridized carbons (Fsp3) is 0.333. The molecule has 1 amide bonds. The number of benzene rings is 1. The molecule has 1 aromatic carbocycles. The highest BCUT2D eigenvalue weighted by Crippen LogP contribution is 2.16. The summed E-state index contributed by atoms with van der Waals surface area (Å²) >= 11 is 0. The van der Waals surface area contributed by atoms with Crippen LogP contribution in [0.2, 0.25) is 0 Å². The van der Waals surface area contributed by atoms with Crippen LogP contribution in [0.25, 0.3) is 11.0 Å². The van der Waals surface area contributed by atoms with Crippen LogP contribution >= 0.6 is 0 Å². The second-order valence-electron chi connectivity index (χ2n) is 6.88. The summed E-state index contributed by atoms with van der Waals surface area (Å²) in [7, 11) is 0. The van der Waals surface area contributed by atoms with E-state index >= 15 is 0 Å². The number of ether oxygens (including phenoxy) is 1. The number of amides is 1. The van der Waals surface area contributed by atoms with Gasteiger partial charge in [-0.3, -0.25) is 19.1 Å². The number of likely N-dealkylation sites (tertiary alicyclic amines) is 1. The predicted molar refractivity (Wildman–Crippen MR) is 105 cm³/mol. The minimum absolute atomic E-state index is 0.0291. The zero-order valence-corrected chi connectivity index (χ0v) is 15.5. The van der Waals surface area contributed by atoms with Gasteiger partial charge in [0.05, 0.1) is 35.6 Å². The molecule has 0 radical (unpaired) electrons. The molecule has 0 aliphatic carbocycles. The maximum Gasteiger partial charge on any atom is 0.269 e. The standard InChI is InChI=1S/C21H22N4O3/c26-20-13-23-18-6-1-2-7-19(18)25(20)14-21(27)24-11-8-17(9-12-24)28-15-16-5-3-4-10-22-16/h1-7,10,13,17H,8-9,11-12,14-15H2. The maximum absolute atomic E-state index is 12.7. The summed E-state index contributed by atoms with van der Waals surface area (Å²) in [5.41, 5.74) is 2.03. The number of nitrogens with zero attached hydrogens (tertiary/aromatic N) is 4. The zero-order valence-electron chi connectivity index (χ0n) is 15.5. The number of para-hydroxylation sites is 2. The van der Waals surface area contributed by atoms with Crippen LogP contribution in [0.15, 0.2) is 59.7 Å². The largest absolute Gasteiger partial charge is 0.372 e. The number of hydrogen-bond donors (Lipinski definition) is 0. The molecule has 0 N–H and O–H groups in total. The maximum atomic E-state index is 12.7. The van der Waals surface area contributed by atoms with Crippen LogP contribution in [-0.2, 0) is 22.7 Å². The van der Waals surface area contributed by atoms with Crippen LogP contribution in [0.1, 0.15) is 18.5 Å². The highest BCUT2D eigenvalue weighted by atomic mass is 16.5. The van der Waals surface area contributed by atoms with Crippen molar-refractivity contribution in [1.82, 2.24) is 19.4 Å². The highest BCUT2D eigenvalue weighted by molar-refractivity contribution is 5.80. The van der Waals surface area contributed by atoms with Gasteiger partial charge in [0.25, 0.3) is 5.56 Å². The topological polar surface area (TPSA) is 77.3 Å². The summed E-state index contributed by atoms with van der Waals surface area (Å²) in [4.78, 5) is 35.2. The Morgan fingerprint density at radius 3 is 2.64 bits per heavy atom. The Balaban J connectivity index is 1.35. The lowest BCUT2D eigenvalue weighted by Gasteiger charge is -2.32. The van der Waals surface area contributed by atoms with E-state index in [0.29, 0.717) is 30.7 Å². The Morgan fingerprint density at radius 1 is 1.07 bits per heavy atom. The van der Waals surface area contributed by atoms with E-state index in [1.807, 2.05) is 47.4 Å². The van der Waals surface area contributed by atoms with Crippen LogP contribution in [0.4, 0.5) is 0 Å². The van der Waals surface area contributed by atoms with Gasteiger partial charge in [-0.05, 0) is 37.1 Å². The van der Waals surface area contributed by atoms with E-state index in [1.54, 1.807) is 6.20 Å². The van der Waals surface area contributed by atoms with Crippen molar-refractivity contribution in [2.24, 2.45) is 0 Å². The summed E-state index contributed by atoms with van der Waals surface area (Å²) in [5.74, 6) is -0.0540. The third kappa shape index (κ3) is 4.09. The summed E-state index contributed by atoms with van der Waals surface area (Å²) in [6.45, 7) is 1.77. The van der Waals surface area contributed by atoms with E-state index < -0.39 is 0 Å². The van der Waals surface area contributed by atoms with Gasteiger partial charge < -0.3 is 9.64 Å². The Hall–Kier alpha value is -3.06. The van der Waals surface area contributed by atoms with Crippen molar-refractivity contribution in [2.75, 3.05) is 13.1 Å². The number of rotatable bonds is 5. The number of piperidine rings is 1. The second kappa shape index (κ2) is 8.31. The molecule has 0 bridgehead atoms. The van der Waals surface area contributed by atoms with Gasteiger partial charge in [-0.1, -0.05) is 18.2 Å². The summed E-state index contributed by atoms with van der Waals surface area (Å²) in [6, 6.07) is 13.1. The molecule has 0 spiro atoms. The molecule has 7 heteroatoms. The molecule has 3 aromatic rings. The van der Waals surface area contributed by atoms with Crippen molar-refractivity contribution in [1.29, 1.82) is 0 Å².